The van der Waals surface area contributed by atoms with Crippen LogP contribution < -0.4 is 5.32 Å². The molecule has 9 heteroatoms. The number of ether oxygens (including phenoxy) is 1. The molecular formula is C33H23Cl2N3O3S. The van der Waals surface area contributed by atoms with E-state index in [1.54, 1.807) is 30.6 Å². The van der Waals surface area contributed by atoms with Gasteiger partial charge in [-0.25, -0.2) is 14.8 Å². The normalized spacial score (nSPS) is 12.0. The lowest BCUT2D eigenvalue weighted by molar-refractivity contribution is 0.112. The van der Waals surface area contributed by atoms with Gasteiger partial charge in [-0.05, 0) is 75.3 Å². The van der Waals surface area contributed by atoms with Crippen LogP contribution in [0.25, 0.3) is 22.3 Å². The molecule has 0 bridgehead atoms. The van der Waals surface area contributed by atoms with Gasteiger partial charge in [0.1, 0.15) is 16.8 Å². The maximum Gasteiger partial charge on any atom is 0.407 e. The van der Waals surface area contributed by atoms with Crippen LogP contribution in [-0.4, -0.2) is 29.0 Å². The molecule has 0 unspecified atom stereocenters. The number of carbonyl (C=O) groups excluding carboxylic acids is 2. The zero-order valence-electron chi connectivity index (χ0n) is 22.1. The van der Waals surface area contributed by atoms with E-state index in [1.807, 2.05) is 42.5 Å². The van der Waals surface area contributed by atoms with Crippen LogP contribution in [0.2, 0.25) is 10.2 Å². The molecule has 0 atom stereocenters. The molecule has 0 aliphatic heterocycles. The number of amides is 1. The van der Waals surface area contributed by atoms with Gasteiger partial charge in [0.05, 0.1) is 5.02 Å². The average molecular weight is 613 g/mol. The maximum absolute atomic E-state index is 13.0. The zero-order valence-corrected chi connectivity index (χ0v) is 24.4. The zero-order chi connectivity index (χ0) is 29.1. The molecular weight excluding hydrogens is 589 g/mol. The Morgan fingerprint density at radius 1 is 0.881 bits per heavy atom. The summed E-state index contributed by atoms with van der Waals surface area (Å²) >= 11 is 14.2. The van der Waals surface area contributed by atoms with Gasteiger partial charge in [0.25, 0.3) is 0 Å². The van der Waals surface area contributed by atoms with E-state index in [2.05, 4.69) is 39.6 Å². The van der Waals surface area contributed by atoms with Crippen LogP contribution in [0, 0.1) is 0 Å². The lowest BCUT2D eigenvalue weighted by Crippen LogP contribution is -2.26. The van der Waals surface area contributed by atoms with Gasteiger partial charge in [-0.1, -0.05) is 83.5 Å². The van der Waals surface area contributed by atoms with Gasteiger partial charge in [0.2, 0.25) is 0 Å². The van der Waals surface area contributed by atoms with Gasteiger partial charge in [-0.15, -0.1) is 0 Å². The molecule has 6 rings (SSSR count). The summed E-state index contributed by atoms with van der Waals surface area (Å²) in [6.07, 6.45) is 3.44. The Hall–Kier alpha value is -4.17. The Morgan fingerprint density at radius 2 is 1.62 bits per heavy atom. The number of carbonyl (C=O) groups is 2. The molecule has 1 amide bonds. The van der Waals surface area contributed by atoms with Crippen LogP contribution >= 0.6 is 35.0 Å². The number of hydrogen-bond acceptors (Lipinski definition) is 6. The van der Waals surface area contributed by atoms with E-state index >= 15 is 0 Å². The van der Waals surface area contributed by atoms with E-state index in [4.69, 9.17) is 27.9 Å². The number of rotatable bonds is 8. The molecule has 0 radical (unpaired) electrons. The molecule has 5 aromatic rings. The number of fused-ring (bicyclic) bond motifs is 3. The van der Waals surface area contributed by atoms with Crippen LogP contribution in [0.1, 0.15) is 33.0 Å². The summed E-state index contributed by atoms with van der Waals surface area (Å²) in [5.41, 5.74) is 7.40. The second kappa shape index (κ2) is 12.4. The van der Waals surface area contributed by atoms with Crippen molar-refractivity contribution in [2.75, 3.05) is 6.61 Å². The molecule has 1 aliphatic rings. The molecule has 2 heterocycles. The number of nitrogens with one attached hydrogen (secondary N) is 1. The molecule has 3 aromatic carbocycles. The van der Waals surface area contributed by atoms with Crippen molar-refractivity contribution in [1.29, 1.82) is 0 Å². The minimum atomic E-state index is -0.548. The first-order chi connectivity index (χ1) is 20.5. The predicted octanol–water partition coefficient (Wildman–Crippen LogP) is 8.45. The molecule has 6 nitrogen and oxygen atoms in total. The highest BCUT2D eigenvalue weighted by Gasteiger charge is 2.29. The Bertz CT molecular complexity index is 1770. The van der Waals surface area contributed by atoms with Crippen LogP contribution in [0.15, 0.2) is 107 Å². The highest BCUT2D eigenvalue weighted by Crippen LogP contribution is 2.44. The smallest absolute Gasteiger partial charge is 0.407 e. The lowest BCUT2D eigenvalue weighted by atomic mass is 9.98. The molecule has 0 fully saturated rings. The highest BCUT2D eigenvalue weighted by atomic mass is 35.5. The van der Waals surface area contributed by atoms with Crippen LogP contribution in [0.4, 0.5) is 4.79 Å². The summed E-state index contributed by atoms with van der Waals surface area (Å²) in [5, 5.41) is 4.19. The van der Waals surface area contributed by atoms with Gasteiger partial charge in [0.15, 0.2) is 6.29 Å². The van der Waals surface area contributed by atoms with E-state index in [9.17, 15) is 9.59 Å². The molecule has 0 spiro atoms. The molecule has 0 saturated carbocycles. The largest absolute Gasteiger partial charge is 0.449 e. The fraction of sp³-hybridized carbons (Fsp3) is 0.0909. The third-order valence-corrected chi connectivity index (χ3v) is 8.91. The van der Waals surface area contributed by atoms with Crippen LogP contribution in [0.3, 0.4) is 0 Å². The summed E-state index contributed by atoms with van der Waals surface area (Å²) in [5.74, 6) is -0.0469. The van der Waals surface area contributed by atoms with E-state index in [0.29, 0.717) is 25.7 Å². The van der Waals surface area contributed by atoms with Crippen molar-refractivity contribution in [2.24, 2.45) is 0 Å². The topological polar surface area (TPSA) is 81.2 Å². The average Bonchev–Trinajstić information content (AvgIpc) is 3.34. The molecule has 2 aromatic heterocycles. The molecule has 1 N–H and O–H groups in total. The number of halogens is 2. The van der Waals surface area contributed by atoms with Gasteiger partial charge >= 0.3 is 6.09 Å². The fourth-order valence-corrected chi connectivity index (χ4v) is 6.62. The second-order valence-corrected chi connectivity index (χ2v) is 11.4. The molecule has 0 saturated heterocycles. The first-order valence-electron chi connectivity index (χ1n) is 13.1. The highest BCUT2D eigenvalue weighted by molar-refractivity contribution is 7.99. The number of pyridine rings is 2. The number of aldehydes is 1. The first-order valence-corrected chi connectivity index (χ1v) is 14.7. The van der Waals surface area contributed by atoms with Gasteiger partial charge in [-0.2, -0.15) is 0 Å². The van der Waals surface area contributed by atoms with Crippen molar-refractivity contribution in [3.8, 4) is 22.3 Å². The van der Waals surface area contributed by atoms with E-state index in [0.717, 1.165) is 45.2 Å². The summed E-state index contributed by atoms with van der Waals surface area (Å²) in [4.78, 5) is 33.7. The van der Waals surface area contributed by atoms with Gasteiger partial charge in [0, 0.05) is 35.3 Å². The third-order valence-electron chi connectivity index (χ3n) is 7.07. The van der Waals surface area contributed by atoms with Gasteiger partial charge < -0.3 is 10.1 Å². The van der Waals surface area contributed by atoms with Crippen molar-refractivity contribution >= 4 is 47.3 Å². The van der Waals surface area contributed by atoms with Gasteiger partial charge in [-0.3, -0.25) is 4.79 Å². The van der Waals surface area contributed by atoms with Crippen molar-refractivity contribution < 1.29 is 14.3 Å². The number of hydrogen-bond donors (Lipinski definition) is 1. The van der Waals surface area contributed by atoms with E-state index in [-0.39, 0.29) is 19.1 Å². The number of alkyl carbamates (subject to hydrolysis) is 1. The number of nitrogens with zero attached hydrogens (tertiary/aromatic N) is 2. The first kappa shape index (κ1) is 28.0. The lowest BCUT2D eigenvalue weighted by Gasteiger charge is -2.17. The van der Waals surface area contributed by atoms with Crippen molar-refractivity contribution in [3.63, 3.8) is 0 Å². The predicted molar refractivity (Wildman–Crippen MR) is 165 cm³/mol. The SMILES string of the molecule is O=Cc1cccnc1Sc1c(Cl)cc(-c2ccnc(Cl)c2)cc1CNC(=O)OCC1c2ccccc2-c2ccccc21. The second-order valence-electron chi connectivity index (χ2n) is 9.61. The van der Waals surface area contributed by atoms with Crippen molar-refractivity contribution in [1.82, 2.24) is 15.3 Å². The minimum absolute atomic E-state index is 0.0469. The van der Waals surface area contributed by atoms with E-state index < -0.39 is 6.09 Å². The summed E-state index contributed by atoms with van der Waals surface area (Å²) in [6, 6.07) is 27.1. The monoisotopic (exact) mass is 611 g/mol. The maximum atomic E-state index is 13.0. The van der Waals surface area contributed by atoms with Crippen molar-refractivity contribution in [3.05, 3.63) is 130 Å². The summed E-state index contributed by atoms with van der Waals surface area (Å²) in [6.45, 7) is 0.336. The molecule has 42 heavy (non-hydrogen) atoms. The van der Waals surface area contributed by atoms with E-state index in [1.165, 1.54) is 11.8 Å². The number of benzene rings is 3. The van der Waals surface area contributed by atoms with Crippen molar-refractivity contribution in [2.45, 2.75) is 22.4 Å². The quantitative estimate of drug-likeness (QED) is 0.140. The van der Waals surface area contributed by atoms with Crippen LogP contribution in [0.5, 0.6) is 0 Å². The third kappa shape index (κ3) is 5.77. The molecule has 1 aliphatic carbocycles. The fourth-order valence-electron chi connectivity index (χ4n) is 5.14. The summed E-state index contributed by atoms with van der Waals surface area (Å²) < 4.78 is 5.74. The Morgan fingerprint density at radius 3 is 2.33 bits per heavy atom. The number of aromatic nitrogens is 2. The minimum Gasteiger partial charge on any atom is -0.449 e. The molecule has 208 valence electrons. The standard InChI is InChI=1S/C33H23Cl2N3O3S/c34-29-15-22(20-11-13-36-30(35)16-20)14-23(31(29)42-32-21(18-39)6-5-12-37-32)17-38-33(40)41-19-28-26-9-3-1-7-24(26)25-8-2-4-10-27(25)28/h1-16,18,28H,17,19H2,(H,38,40). The summed E-state index contributed by atoms with van der Waals surface area (Å²) in [7, 11) is 0. The Kier molecular flexibility index (Phi) is 8.24. The van der Waals surface area contributed by atoms with Crippen LogP contribution in [-0.2, 0) is 11.3 Å². The Labute approximate surface area is 257 Å². The Balaban J connectivity index is 1.24.